The fraction of sp³-hybridized carbons (Fsp3) is 0.348. The highest BCUT2D eigenvalue weighted by molar-refractivity contribution is 5.93. The molecular formula is C23H27N7O. The number of para-hydroxylation sites is 1. The third kappa shape index (κ3) is 4.33. The molecule has 8 nitrogen and oxygen atoms in total. The SMILES string of the molecule is CCN=CCC(N)=Nc1ncc2c(n1)-c1c(nn(C)c1Cc1ccccc1OC)CC2. The summed E-state index contributed by atoms with van der Waals surface area (Å²) in [7, 11) is 3.67. The van der Waals surface area contributed by atoms with Crippen molar-refractivity contribution < 1.29 is 4.74 Å². The van der Waals surface area contributed by atoms with Crippen LogP contribution in [0.3, 0.4) is 0 Å². The van der Waals surface area contributed by atoms with Crippen LogP contribution in [0.15, 0.2) is 40.4 Å². The third-order valence-electron chi connectivity index (χ3n) is 5.36. The lowest BCUT2D eigenvalue weighted by Crippen LogP contribution is -2.12. The van der Waals surface area contributed by atoms with Crippen molar-refractivity contribution in [3.05, 3.63) is 53.0 Å². The van der Waals surface area contributed by atoms with Gasteiger partial charge < -0.3 is 10.5 Å². The molecule has 2 heterocycles. The van der Waals surface area contributed by atoms with Gasteiger partial charge in [0.25, 0.3) is 5.95 Å². The van der Waals surface area contributed by atoms with E-state index >= 15 is 0 Å². The van der Waals surface area contributed by atoms with Crippen LogP contribution < -0.4 is 10.5 Å². The maximum atomic E-state index is 6.03. The largest absolute Gasteiger partial charge is 0.496 e. The lowest BCUT2D eigenvalue weighted by Gasteiger charge is -2.16. The van der Waals surface area contributed by atoms with E-state index in [0.717, 1.165) is 58.9 Å². The Hall–Kier alpha value is -3.55. The first-order chi connectivity index (χ1) is 15.1. The van der Waals surface area contributed by atoms with Crippen LogP contribution >= 0.6 is 0 Å². The van der Waals surface area contributed by atoms with Crippen molar-refractivity contribution in [2.45, 2.75) is 32.6 Å². The van der Waals surface area contributed by atoms with Gasteiger partial charge in [-0.25, -0.2) is 9.97 Å². The van der Waals surface area contributed by atoms with Gasteiger partial charge in [0.15, 0.2) is 0 Å². The van der Waals surface area contributed by atoms with Crippen LogP contribution in [0, 0.1) is 0 Å². The van der Waals surface area contributed by atoms with Gasteiger partial charge >= 0.3 is 0 Å². The van der Waals surface area contributed by atoms with Crippen molar-refractivity contribution in [2.24, 2.45) is 22.8 Å². The number of benzene rings is 1. The molecule has 0 saturated heterocycles. The van der Waals surface area contributed by atoms with E-state index in [0.29, 0.717) is 24.6 Å². The monoisotopic (exact) mass is 417 g/mol. The van der Waals surface area contributed by atoms with Crippen LogP contribution in [0.5, 0.6) is 5.75 Å². The maximum absolute atomic E-state index is 6.03. The zero-order valence-electron chi connectivity index (χ0n) is 18.2. The minimum absolute atomic E-state index is 0.362. The predicted molar refractivity (Wildman–Crippen MR) is 122 cm³/mol. The second kappa shape index (κ2) is 9.07. The molecule has 0 fully saturated rings. The minimum Gasteiger partial charge on any atom is -0.496 e. The van der Waals surface area contributed by atoms with Crippen molar-refractivity contribution in [3.8, 4) is 17.0 Å². The highest BCUT2D eigenvalue weighted by Gasteiger charge is 2.26. The number of hydrogen-bond acceptors (Lipinski definition) is 6. The maximum Gasteiger partial charge on any atom is 0.251 e. The van der Waals surface area contributed by atoms with E-state index in [1.165, 1.54) is 0 Å². The zero-order chi connectivity index (χ0) is 21.8. The Kier molecular flexibility index (Phi) is 6.06. The van der Waals surface area contributed by atoms with Gasteiger partial charge in [-0.2, -0.15) is 10.1 Å². The Morgan fingerprint density at radius 3 is 2.94 bits per heavy atom. The molecule has 4 rings (SSSR count). The first-order valence-electron chi connectivity index (χ1n) is 10.4. The van der Waals surface area contributed by atoms with Crippen molar-refractivity contribution in [1.29, 1.82) is 0 Å². The van der Waals surface area contributed by atoms with Crippen LogP contribution in [-0.2, 0) is 26.3 Å². The number of aryl methyl sites for hydroxylation is 3. The summed E-state index contributed by atoms with van der Waals surface area (Å²) in [4.78, 5) is 17.8. The summed E-state index contributed by atoms with van der Waals surface area (Å²) in [6.07, 6.45) is 6.52. The van der Waals surface area contributed by atoms with Gasteiger partial charge in [0.1, 0.15) is 11.6 Å². The fourth-order valence-corrected chi connectivity index (χ4v) is 3.87. The fourth-order valence-electron chi connectivity index (χ4n) is 3.87. The highest BCUT2D eigenvalue weighted by Crippen LogP contribution is 2.36. The third-order valence-corrected chi connectivity index (χ3v) is 5.36. The van der Waals surface area contributed by atoms with E-state index < -0.39 is 0 Å². The summed E-state index contributed by atoms with van der Waals surface area (Å²) >= 11 is 0. The van der Waals surface area contributed by atoms with E-state index in [1.807, 2.05) is 43.0 Å². The number of nitrogens with two attached hydrogens (primary N) is 1. The summed E-state index contributed by atoms with van der Waals surface area (Å²) in [5.74, 6) is 1.66. The van der Waals surface area contributed by atoms with Crippen molar-refractivity contribution in [3.63, 3.8) is 0 Å². The number of ether oxygens (including phenoxy) is 1. The summed E-state index contributed by atoms with van der Waals surface area (Å²) in [5, 5.41) is 4.78. The molecule has 0 atom stereocenters. The topological polar surface area (TPSA) is 104 Å². The Balaban J connectivity index is 1.73. The highest BCUT2D eigenvalue weighted by atomic mass is 16.5. The molecule has 0 bridgehead atoms. The molecule has 0 spiro atoms. The van der Waals surface area contributed by atoms with Crippen LogP contribution in [0.25, 0.3) is 11.3 Å². The molecule has 31 heavy (non-hydrogen) atoms. The van der Waals surface area contributed by atoms with E-state index in [4.69, 9.17) is 20.6 Å². The quantitative estimate of drug-likeness (QED) is 0.470. The van der Waals surface area contributed by atoms with Crippen LogP contribution in [0.4, 0.5) is 5.95 Å². The molecule has 0 aliphatic heterocycles. The van der Waals surface area contributed by atoms with Crippen molar-refractivity contribution in [2.75, 3.05) is 13.7 Å². The molecule has 2 N–H and O–H groups in total. The van der Waals surface area contributed by atoms with Gasteiger partial charge in [0.05, 0.1) is 24.2 Å². The molecule has 0 saturated carbocycles. The van der Waals surface area contributed by atoms with Gasteiger partial charge in [-0.15, -0.1) is 0 Å². The Morgan fingerprint density at radius 1 is 1.29 bits per heavy atom. The normalized spacial score (nSPS) is 13.3. The van der Waals surface area contributed by atoms with Crippen LogP contribution in [0.1, 0.15) is 35.9 Å². The smallest absolute Gasteiger partial charge is 0.251 e. The molecule has 1 aliphatic carbocycles. The molecule has 0 unspecified atom stereocenters. The molecule has 1 aromatic carbocycles. The second-order valence-corrected chi connectivity index (χ2v) is 7.41. The molecule has 0 radical (unpaired) electrons. The number of fused-ring (bicyclic) bond motifs is 3. The molecule has 1 aliphatic rings. The second-order valence-electron chi connectivity index (χ2n) is 7.41. The molecular weight excluding hydrogens is 390 g/mol. The first-order valence-corrected chi connectivity index (χ1v) is 10.4. The molecule has 8 heteroatoms. The van der Waals surface area contributed by atoms with E-state index in [2.05, 4.69) is 21.0 Å². The van der Waals surface area contributed by atoms with Gasteiger partial charge in [0, 0.05) is 50.0 Å². The standard InChI is InChI=1S/C23H27N7O/c1-4-25-12-11-20(24)27-23-26-14-16-9-10-17-21(22(16)28-23)18(30(2)29-17)13-15-7-5-6-8-19(15)31-3/h5-8,12,14H,4,9-11,13H2,1-3H3,(H2,24,26,27,28). The Labute approximate surface area is 181 Å². The van der Waals surface area contributed by atoms with E-state index in [1.54, 1.807) is 13.3 Å². The number of methoxy groups -OCH3 is 1. The Bertz CT molecular complexity index is 1150. The zero-order valence-corrected chi connectivity index (χ0v) is 18.2. The number of rotatable bonds is 7. The summed E-state index contributed by atoms with van der Waals surface area (Å²) in [5.41, 5.74) is 12.4. The van der Waals surface area contributed by atoms with Crippen LogP contribution in [-0.4, -0.2) is 45.5 Å². The van der Waals surface area contributed by atoms with Gasteiger partial charge in [-0.1, -0.05) is 18.2 Å². The van der Waals surface area contributed by atoms with Gasteiger partial charge in [0.2, 0.25) is 0 Å². The summed E-state index contributed by atoms with van der Waals surface area (Å²) in [6, 6.07) is 8.06. The lowest BCUT2D eigenvalue weighted by molar-refractivity contribution is 0.410. The molecule has 2 aromatic heterocycles. The lowest BCUT2D eigenvalue weighted by atomic mass is 9.91. The van der Waals surface area contributed by atoms with Crippen molar-refractivity contribution in [1.82, 2.24) is 19.7 Å². The number of aliphatic imine (C=N–C) groups is 2. The number of amidine groups is 1. The van der Waals surface area contributed by atoms with Gasteiger partial charge in [-0.3, -0.25) is 9.67 Å². The number of aromatic nitrogens is 4. The molecule has 3 aromatic rings. The average molecular weight is 418 g/mol. The van der Waals surface area contributed by atoms with Gasteiger partial charge in [-0.05, 0) is 31.4 Å². The first kappa shape index (κ1) is 20.7. The minimum atomic E-state index is 0.362. The van der Waals surface area contributed by atoms with E-state index in [-0.39, 0.29) is 0 Å². The molecule has 0 amide bonds. The molecule has 160 valence electrons. The Morgan fingerprint density at radius 2 is 2.13 bits per heavy atom. The summed E-state index contributed by atoms with van der Waals surface area (Å²) in [6.45, 7) is 2.70. The van der Waals surface area contributed by atoms with Crippen molar-refractivity contribution >= 4 is 18.0 Å². The summed E-state index contributed by atoms with van der Waals surface area (Å²) < 4.78 is 7.50. The average Bonchev–Trinajstić information content (AvgIpc) is 3.09. The number of hydrogen-bond donors (Lipinski definition) is 1. The van der Waals surface area contributed by atoms with Crippen LogP contribution in [0.2, 0.25) is 0 Å². The van der Waals surface area contributed by atoms with E-state index in [9.17, 15) is 0 Å². The predicted octanol–water partition coefficient (Wildman–Crippen LogP) is 3.04. The number of nitrogens with zero attached hydrogens (tertiary/aromatic N) is 6.